The van der Waals surface area contributed by atoms with Crippen molar-refractivity contribution >= 4 is 46.6 Å². The standard InChI is InChI=1S/C21H23Cl3N2O2/c1-3-10-25-21(28)14(2)26(13-15-6-4-7-16(22)11-15)20(27)12-17-18(23)8-5-9-19(17)24/h4-9,11,14H,3,10,12-13H2,1-2H3,(H,25,28). The number of benzene rings is 2. The number of amides is 2. The summed E-state index contributed by atoms with van der Waals surface area (Å²) in [5.41, 5.74) is 1.38. The molecule has 0 radical (unpaired) electrons. The number of halogens is 3. The van der Waals surface area contributed by atoms with Gasteiger partial charge in [0.05, 0.1) is 6.42 Å². The molecular formula is C21H23Cl3N2O2. The van der Waals surface area contributed by atoms with E-state index in [-0.39, 0.29) is 24.8 Å². The molecule has 0 spiro atoms. The summed E-state index contributed by atoms with van der Waals surface area (Å²) in [6, 6.07) is 11.7. The van der Waals surface area contributed by atoms with E-state index in [0.29, 0.717) is 27.2 Å². The van der Waals surface area contributed by atoms with E-state index in [1.807, 2.05) is 19.1 Å². The van der Waals surface area contributed by atoms with Crippen molar-refractivity contribution in [3.8, 4) is 0 Å². The zero-order valence-electron chi connectivity index (χ0n) is 15.8. The van der Waals surface area contributed by atoms with E-state index in [9.17, 15) is 9.59 Å². The SMILES string of the molecule is CCCNC(=O)C(C)N(Cc1cccc(Cl)c1)C(=O)Cc1c(Cl)cccc1Cl. The largest absolute Gasteiger partial charge is 0.354 e. The second-order valence-electron chi connectivity index (χ2n) is 6.50. The van der Waals surface area contributed by atoms with Crippen LogP contribution in [0.15, 0.2) is 42.5 Å². The van der Waals surface area contributed by atoms with Gasteiger partial charge in [0.1, 0.15) is 6.04 Å². The lowest BCUT2D eigenvalue weighted by Gasteiger charge is -2.29. The van der Waals surface area contributed by atoms with E-state index < -0.39 is 6.04 Å². The maximum Gasteiger partial charge on any atom is 0.242 e. The van der Waals surface area contributed by atoms with Crippen LogP contribution in [0.5, 0.6) is 0 Å². The molecule has 0 saturated heterocycles. The van der Waals surface area contributed by atoms with Gasteiger partial charge in [0.15, 0.2) is 0 Å². The summed E-state index contributed by atoms with van der Waals surface area (Å²) in [5, 5.41) is 4.26. The number of carbonyl (C=O) groups excluding carboxylic acids is 2. The highest BCUT2D eigenvalue weighted by Crippen LogP contribution is 2.26. The van der Waals surface area contributed by atoms with Crippen molar-refractivity contribution in [2.75, 3.05) is 6.54 Å². The molecule has 1 unspecified atom stereocenters. The third kappa shape index (κ3) is 6.13. The predicted octanol–water partition coefficient (Wildman–Crippen LogP) is 5.13. The fourth-order valence-electron chi connectivity index (χ4n) is 2.76. The highest BCUT2D eigenvalue weighted by atomic mass is 35.5. The molecule has 2 rings (SSSR count). The lowest BCUT2D eigenvalue weighted by atomic mass is 10.1. The Bertz CT molecular complexity index is 822. The number of hydrogen-bond acceptors (Lipinski definition) is 2. The molecule has 150 valence electrons. The average Bonchev–Trinajstić information content (AvgIpc) is 2.66. The number of rotatable bonds is 8. The second kappa shape index (κ2) is 10.7. The van der Waals surface area contributed by atoms with Crippen molar-refractivity contribution in [1.82, 2.24) is 10.2 Å². The van der Waals surface area contributed by atoms with Crippen LogP contribution in [0.25, 0.3) is 0 Å². The lowest BCUT2D eigenvalue weighted by molar-refractivity contribution is -0.140. The van der Waals surface area contributed by atoms with Crippen molar-refractivity contribution in [1.29, 1.82) is 0 Å². The maximum absolute atomic E-state index is 13.1. The Hall–Kier alpha value is -1.75. The molecule has 0 saturated carbocycles. The van der Waals surface area contributed by atoms with E-state index in [2.05, 4.69) is 5.32 Å². The van der Waals surface area contributed by atoms with Gasteiger partial charge in [0, 0.05) is 28.2 Å². The molecule has 0 aliphatic heterocycles. The first-order valence-electron chi connectivity index (χ1n) is 9.08. The first-order chi connectivity index (χ1) is 13.3. The summed E-state index contributed by atoms with van der Waals surface area (Å²) in [5.74, 6) is -0.448. The molecule has 2 aromatic rings. The van der Waals surface area contributed by atoms with Crippen molar-refractivity contribution in [3.63, 3.8) is 0 Å². The molecule has 0 aliphatic rings. The number of hydrogen-bond donors (Lipinski definition) is 1. The fourth-order valence-corrected chi connectivity index (χ4v) is 3.51. The van der Waals surface area contributed by atoms with Crippen molar-refractivity contribution in [2.24, 2.45) is 0 Å². The van der Waals surface area contributed by atoms with Gasteiger partial charge in [-0.05, 0) is 48.7 Å². The normalized spacial score (nSPS) is 11.8. The van der Waals surface area contributed by atoms with Gasteiger partial charge < -0.3 is 10.2 Å². The Morgan fingerprint density at radius 2 is 1.71 bits per heavy atom. The van der Waals surface area contributed by atoms with Crippen LogP contribution in [-0.4, -0.2) is 29.3 Å². The van der Waals surface area contributed by atoms with Gasteiger partial charge in [-0.15, -0.1) is 0 Å². The number of carbonyl (C=O) groups is 2. The summed E-state index contributed by atoms with van der Waals surface area (Å²) in [4.78, 5) is 27.2. The van der Waals surface area contributed by atoms with E-state index in [4.69, 9.17) is 34.8 Å². The highest BCUT2D eigenvalue weighted by Gasteiger charge is 2.27. The van der Waals surface area contributed by atoms with E-state index in [1.54, 1.807) is 37.3 Å². The molecule has 2 aromatic carbocycles. The zero-order valence-corrected chi connectivity index (χ0v) is 18.1. The molecule has 1 N–H and O–H groups in total. The molecular weight excluding hydrogens is 419 g/mol. The predicted molar refractivity (Wildman–Crippen MR) is 115 cm³/mol. The summed E-state index contributed by atoms with van der Waals surface area (Å²) in [6.45, 7) is 4.49. The first kappa shape index (κ1) is 22.5. The zero-order chi connectivity index (χ0) is 20.7. The van der Waals surface area contributed by atoms with Crippen LogP contribution in [0.2, 0.25) is 15.1 Å². The van der Waals surface area contributed by atoms with E-state index >= 15 is 0 Å². The Labute approximate surface area is 180 Å². The topological polar surface area (TPSA) is 49.4 Å². The smallest absolute Gasteiger partial charge is 0.242 e. The second-order valence-corrected chi connectivity index (χ2v) is 7.75. The van der Waals surface area contributed by atoms with Gasteiger partial charge in [-0.3, -0.25) is 9.59 Å². The summed E-state index contributed by atoms with van der Waals surface area (Å²) in [6.07, 6.45) is 0.820. The third-order valence-corrected chi connectivity index (χ3v) is 5.29. The Balaban J connectivity index is 2.28. The quantitative estimate of drug-likeness (QED) is 0.617. The summed E-state index contributed by atoms with van der Waals surface area (Å²) in [7, 11) is 0. The van der Waals surface area contributed by atoms with Crippen molar-refractivity contribution in [3.05, 3.63) is 68.7 Å². The molecule has 0 aliphatic carbocycles. The van der Waals surface area contributed by atoms with Crippen LogP contribution < -0.4 is 5.32 Å². The maximum atomic E-state index is 13.1. The minimum absolute atomic E-state index is 0.00443. The van der Waals surface area contributed by atoms with Crippen LogP contribution >= 0.6 is 34.8 Å². The number of nitrogens with one attached hydrogen (secondary N) is 1. The lowest BCUT2D eigenvalue weighted by Crippen LogP contribution is -2.48. The molecule has 28 heavy (non-hydrogen) atoms. The van der Waals surface area contributed by atoms with Crippen LogP contribution in [0.3, 0.4) is 0 Å². The highest BCUT2D eigenvalue weighted by molar-refractivity contribution is 6.36. The summed E-state index contributed by atoms with van der Waals surface area (Å²) >= 11 is 18.5. The minimum atomic E-state index is -0.653. The Morgan fingerprint density at radius 1 is 1.07 bits per heavy atom. The molecule has 2 amide bonds. The third-order valence-electron chi connectivity index (χ3n) is 4.35. The molecule has 0 aromatic heterocycles. The Kier molecular flexibility index (Phi) is 8.61. The number of nitrogens with zero attached hydrogens (tertiary/aromatic N) is 1. The summed E-state index contributed by atoms with van der Waals surface area (Å²) < 4.78 is 0. The van der Waals surface area contributed by atoms with E-state index in [0.717, 1.165) is 12.0 Å². The van der Waals surface area contributed by atoms with Crippen LogP contribution in [-0.2, 0) is 22.6 Å². The van der Waals surface area contributed by atoms with Gasteiger partial charge in [0.2, 0.25) is 11.8 Å². The van der Waals surface area contributed by atoms with Gasteiger partial charge in [0.25, 0.3) is 0 Å². The first-order valence-corrected chi connectivity index (χ1v) is 10.2. The van der Waals surface area contributed by atoms with E-state index in [1.165, 1.54) is 4.90 Å². The van der Waals surface area contributed by atoms with Crippen LogP contribution in [0.4, 0.5) is 0 Å². The Morgan fingerprint density at radius 3 is 2.32 bits per heavy atom. The monoisotopic (exact) mass is 440 g/mol. The van der Waals surface area contributed by atoms with Gasteiger partial charge >= 0.3 is 0 Å². The minimum Gasteiger partial charge on any atom is -0.354 e. The van der Waals surface area contributed by atoms with Gasteiger partial charge in [-0.1, -0.05) is 59.9 Å². The van der Waals surface area contributed by atoms with Crippen LogP contribution in [0.1, 0.15) is 31.4 Å². The van der Waals surface area contributed by atoms with Gasteiger partial charge in [-0.25, -0.2) is 0 Å². The molecule has 7 heteroatoms. The average molecular weight is 442 g/mol. The van der Waals surface area contributed by atoms with Crippen molar-refractivity contribution in [2.45, 2.75) is 39.3 Å². The molecule has 0 heterocycles. The molecule has 1 atom stereocenters. The fraction of sp³-hybridized carbons (Fsp3) is 0.333. The molecule has 0 fully saturated rings. The molecule has 4 nitrogen and oxygen atoms in total. The van der Waals surface area contributed by atoms with Crippen molar-refractivity contribution < 1.29 is 9.59 Å². The van der Waals surface area contributed by atoms with Gasteiger partial charge in [-0.2, -0.15) is 0 Å². The van der Waals surface area contributed by atoms with Crippen LogP contribution in [0, 0.1) is 0 Å². The molecule has 0 bridgehead atoms.